The van der Waals surface area contributed by atoms with Gasteiger partial charge in [-0.1, -0.05) is 32.8 Å². The molecule has 3 heteroatoms. The van der Waals surface area contributed by atoms with Crippen molar-refractivity contribution in [2.24, 2.45) is 0 Å². The average Bonchev–Trinajstić information content (AvgIpc) is 2.19. The predicted molar refractivity (Wildman–Crippen MR) is 54.5 cm³/mol. The second kappa shape index (κ2) is 8.31. The van der Waals surface area contributed by atoms with Gasteiger partial charge in [-0.05, 0) is 12.8 Å². The second-order valence-electron chi connectivity index (χ2n) is 3.01. The van der Waals surface area contributed by atoms with E-state index >= 15 is 0 Å². The van der Waals surface area contributed by atoms with Crippen LogP contribution >= 0.6 is 0 Å². The van der Waals surface area contributed by atoms with Gasteiger partial charge in [0.2, 0.25) is 0 Å². The Balaban J connectivity index is 4.00. The van der Waals surface area contributed by atoms with E-state index in [1.54, 1.807) is 6.08 Å². The normalized spacial score (nSPS) is 10.8. The molecular weight excluding hydrogens is 178 g/mol. The molecule has 0 heterocycles. The van der Waals surface area contributed by atoms with Crippen LogP contribution in [0.2, 0.25) is 0 Å². The van der Waals surface area contributed by atoms with Crippen LogP contribution in [0.3, 0.4) is 0 Å². The molecule has 0 aliphatic carbocycles. The van der Waals surface area contributed by atoms with Crippen LogP contribution in [0.4, 0.5) is 0 Å². The monoisotopic (exact) mass is 195 g/mol. The molecule has 0 atom stereocenters. The van der Waals surface area contributed by atoms with Crippen molar-refractivity contribution >= 4 is 5.97 Å². The average molecular weight is 195 g/mol. The third-order valence-corrected chi connectivity index (χ3v) is 1.71. The standard InChI is InChI=1S/C11H17NO2/c1-3-5-7-10(9-12)11(13)14-8-6-4-2/h7H,3-6,8H2,1-2H3/b10-7+. The van der Waals surface area contributed by atoms with E-state index in [1.807, 2.05) is 19.9 Å². The quantitative estimate of drug-likeness (QED) is 0.283. The van der Waals surface area contributed by atoms with Crippen molar-refractivity contribution < 1.29 is 9.53 Å². The fourth-order valence-corrected chi connectivity index (χ4v) is 0.850. The Kier molecular flexibility index (Phi) is 7.53. The van der Waals surface area contributed by atoms with Crippen molar-refractivity contribution in [1.29, 1.82) is 5.26 Å². The highest BCUT2D eigenvalue weighted by atomic mass is 16.5. The zero-order valence-corrected chi connectivity index (χ0v) is 8.88. The summed E-state index contributed by atoms with van der Waals surface area (Å²) in [5, 5.41) is 8.66. The molecule has 3 nitrogen and oxygen atoms in total. The summed E-state index contributed by atoms with van der Waals surface area (Å²) in [6.07, 6.45) is 5.12. The van der Waals surface area contributed by atoms with E-state index in [0.717, 1.165) is 25.7 Å². The molecule has 0 aliphatic heterocycles. The highest BCUT2D eigenvalue weighted by Gasteiger charge is 2.08. The molecule has 0 saturated heterocycles. The minimum Gasteiger partial charge on any atom is -0.462 e. The summed E-state index contributed by atoms with van der Waals surface area (Å²) in [4.78, 5) is 11.2. The molecule has 0 fully saturated rings. The summed E-state index contributed by atoms with van der Waals surface area (Å²) in [6.45, 7) is 4.42. The molecule has 0 unspecified atom stereocenters. The van der Waals surface area contributed by atoms with Gasteiger partial charge >= 0.3 is 5.97 Å². The number of carbonyl (C=O) groups is 1. The van der Waals surface area contributed by atoms with Gasteiger partial charge in [0.1, 0.15) is 11.6 Å². The predicted octanol–water partition coefficient (Wildman–Crippen LogP) is 2.58. The fourth-order valence-electron chi connectivity index (χ4n) is 0.850. The molecular formula is C11H17NO2. The molecule has 0 radical (unpaired) electrons. The maximum atomic E-state index is 11.2. The van der Waals surface area contributed by atoms with Gasteiger partial charge in [0.05, 0.1) is 6.61 Å². The Hall–Kier alpha value is -1.30. The highest BCUT2D eigenvalue weighted by molar-refractivity contribution is 5.92. The summed E-state index contributed by atoms with van der Waals surface area (Å²) in [7, 11) is 0. The van der Waals surface area contributed by atoms with Gasteiger partial charge < -0.3 is 4.74 Å². The van der Waals surface area contributed by atoms with Crippen LogP contribution in [0, 0.1) is 11.3 Å². The number of ether oxygens (including phenoxy) is 1. The number of nitrogens with zero attached hydrogens (tertiary/aromatic N) is 1. The Morgan fingerprint density at radius 2 is 2.14 bits per heavy atom. The topological polar surface area (TPSA) is 50.1 Å². The van der Waals surface area contributed by atoms with E-state index in [1.165, 1.54) is 0 Å². The van der Waals surface area contributed by atoms with Crippen LogP contribution in [-0.2, 0) is 9.53 Å². The molecule has 0 saturated carbocycles. The van der Waals surface area contributed by atoms with E-state index in [-0.39, 0.29) is 5.57 Å². The summed E-state index contributed by atoms with van der Waals surface area (Å²) in [5.41, 5.74) is 0.128. The Labute approximate surface area is 85.4 Å². The zero-order valence-electron chi connectivity index (χ0n) is 8.88. The highest BCUT2D eigenvalue weighted by Crippen LogP contribution is 2.01. The largest absolute Gasteiger partial charge is 0.462 e. The van der Waals surface area contributed by atoms with Crippen LogP contribution in [0.25, 0.3) is 0 Å². The summed E-state index contributed by atoms with van der Waals surface area (Å²) >= 11 is 0. The third-order valence-electron chi connectivity index (χ3n) is 1.71. The van der Waals surface area contributed by atoms with E-state index in [9.17, 15) is 4.79 Å². The summed E-state index contributed by atoms with van der Waals surface area (Å²) < 4.78 is 4.90. The van der Waals surface area contributed by atoms with Crippen LogP contribution < -0.4 is 0 Å². The lowest BCUT2D eigenvalue weighted by molar-refractivity contribution is -0.138. The molecule has 0 aromatic rings. The Morgan fingerprint density at radius 3 is 2.64 bits per heavy atom. The zero-order chi connectivity index (χ0) is 10.8. The number of carbonyl (C=O) groups excluding carboxylic acids is 1. The molecule has 78 valence electrons. The van der Waals surface area contributed by atoms with Crippen molar-refractivity contribution in [3.05, 3.63) is 11.6 Å². The molecule has 0 aromatic heterocycles. The van der Waals surface area contributed by atoms with E-state index in [2.05, 4.69) is 0 Å². The number of hydrogen-bond acceptors (Lipinski definition) is 3. The van der Waals surface area contributed by atoms with Crippen LogP contribution in [0.5, 0.6) is 0 Å². The first kappa shape index (κ1) is 12.7. The Bertz CT molecular complexity index is 238. The van der Waals surface area contributed by atoms with Gasteiger partial charge in [0, 0.05) is 0 Å². The maximum absolute atomic E-state index is 11.2. The van der Waals surface area contributed by atoms with E-state index in [0.29, 0.717) is 6.61 Å². The van der Waals surface area contributed by atoms with Crippen molar-refractivity contribution in [2.75, 3.05) is 6.61 Å². The van der Waals surface area contributed by atoms with Gasteiger partial charge in [-0.25, -0.2) is 4.79 Å². The second-order valence-corrected chi connectivity index (χ2v) is 3.01. The number of rotatable bonds is 6. The lowest BCUT2D eigenvalue weighted by Gasteiger charge is -2.01. The van der Waals surface area contributed by atoms with E-state index in [4.69, 9.17) is 10.00 Å². The molecule has 0 amide bonds. The van der Waals surface area contributed by atoms with Crippen molar-refractivity contribution in [2.45, 2.75) is 39.5 Å². The third kappa shape index (κ3) is 5.36. The van der Waals surface area contributed by atoms with Gasteiger partial charge in [0.25, 0.3) is 0 Å². The minimum atomic E-state index is -0.491. The minimum absolute atomic E-state index is 0.128. The number of unbranched alkanes of at least 4 members (excludes halogenated alkanes) is 2. The first-order valence-corrected chi connectivity index (χ1v) is 5.03. The number of hydrogen-bond donors (Lipinski definition) is 0. The Morgan fingerprint density at radius 1 is 1.43 bits per heavy atom. The van der Waals surface area contributed by atoms with Crippen molar-refractivity contribution in [3.63, 3.8) is 0 Å². The smallest absolute Gasteiger partial charge is 0.348 e. The summed E-state index contributed by atoms with van der Waals surface area (Å²) in [5.74, 6) is -0.491. The lowest BCUT2D eigenvalue weighted by Crippen LogP contribution is -2.07. The molecule has 0 aromatic carbocycles. The van der Waals surface area contributed by atoms with Crippen molar-refractivity contribution in [1.82, 2.24) is 0 Å². The van der Waals surface area contributed by atoms with Crippen LogP contribution in [0.15, 0.2) is 11.6 Å². The van der Waals surface area contributed by atoms with Gasteiger partial charge in [-0.2, -0.15) is 5.26 Å². The molecule has 0 N–H and O–H groups in total. The van der Waals surface area contributed by atoms with E-state index < -0.39 is 5.97 Å². The van der Waals surface area contributed by atoms with Crippen LogP contribution in [-0.4, -0.2) is 12.6 Å². The first-order valence-electron chi connectivity index (χ1n) is 5.03. The molecule has 0 bridgehead atoms. The van der Waals surface area contributed by atoms with Gasteiger partial charge in [-0.3, -0.25) is 0 Å². The fraction of sp³-hybridized carbons (Fsp3) is 0.636. The van der Waals surface area contributed by atoms with Gasteiger partial charge in [-0.15, -0.1) is 0 Å². The first-order chi connectivity index (χ1) is 6.76. The number of allylic oxidation sites excluding steroid dienone is 1. The van der Waals surface area contributed by atoms with Crippen LogP contribution in [0.1, 0.15) is 39.5 Å². The number of nitriles is 1. The molecule has 0 aliphatic rings. The van der Waals surface area contributed by atoms with Gasteiger partial charge in [0.15, 0.2) is 0 Å². The SMILES string of the molecule is CCC/C=C(\C#N)C(=O)OCCCC. The lowest BCUT2D eigenvalue weighted by atomic mass is 10.2. The molecule has 0 rings (SSSR count). The summed E-state index contributed by atoms with van der Waals surface area (Å²) in [6, 6.07) is 1.85. The molecule has 0 spiro atoms. The maximum Gasteiger partial charge on any atom is 0.348 e. The number of esters is 1. The molecule has 14 heavy (non-hydrogen) atoms. The van der Waals surface area contributed by atoms with Crippen molar-refractivity contribution in [3.8, 4) is 6.07 Å².